The summed E-state index contributed by atoms with van der Waals surface area (Å²) < 4.78 is 19.6. The Morgan fingerprint density at radius 3 is 1.91 bits per heavy atom. The van der Waals surface area contributed by atoms with E-state index in [-0.39, 0.29) is 6.61 Å². The molecule has 4 nitrogen and oxygen atoms in total. The molecular weight excluding hydrogens is 455 g/mol. The highest BCUT2D eigenvalue weighted by atomic mass is 31.1. The molecule has 1 unspecified atom stereocenters. The van der Waals surface area contributed by atoms with E-state index in [4.69, 9.17) is 12.9 Å². The fraction of sp³-hybridized carbons (Fsp3) is 0.133. The smallest absolute Gasteiger partial charge is 0.392 e. The molecular formula is C30H25O4P. The Hall–Kier alpha value is -3.72. The summed E-state index contributed by atoms with van der Waals surface area (Å²) in [5.74, 6) is 0.734. The maximum atomic E-state index is 10.2. The number of fused-ring (bicyclic) bond motifs is 5. The average Bonchev–Trinajstić information content (AvgIpc) is 3.00. The summed E-state index contributed by atoms with van der Waals surface area (Å²) in [6.45, 7) is 6.00. The SMILES string of the molecule is Cc1cc(C)c2op(Oc3c4ccccc4cc4ccccc34)oc3c(CO)cc(C)cc3c2c1. The van der Waals surface area contributed by atoms with Crippen LogP contribution in [0.1, 0.15) is 22.3 Å². The Morgan fingerprint density at radius 2 is 1.26 bits per heavy atom. The fourth-order valence-corrected chi connectivity index (χ4v) is 6.11. The van der Waals surface area contributed by atoms with Crippen LogP contribution in [0.25, 0.3) is 43.5 Å². The van der Waals surface area contributed by atoms with Crippen LogP contribution in [0.3, 0.4) is 0 Å². The molecule has 0 saturated carbocycles. The van der Waals surface area contributed by atoms with Crippen molar-refractivity contribution < 1.29 is 18.0 Å². The largest absolute Gasteiger partial charge is 0.453 e. The van der Waals surface area contributed by atoms with E-state index in [9.17, 15) is 5.11 Å². The van der Waals surface area contributed by atoms with Crippen molar-refractivity contribution in [2.24, 2.45) is 0 Å². The highest BCUT2D eigenvalue weighted by Gasteiger charge is 2.17. The summed E-state index contributed by atoms with van der Waals surface area (Å²) in [5.41, 5.74) is 5.28. The van der Waals surface area contributed by atoms with Crippen LogP contribution in [-0.2, 0) is 6.61 Å². The zero-order chi connectivity index (χ0) is 24.1. The van der Waals surface area contributed by atoms with Crippen molar-refractivity contribution in [3.8, 4) is 5.75 Å². The lowest BCUT2D eigenvalue weighted by Gasteiger charge is -2.11. The second kappa shape index (κ2) is 8.49. The first-order valence-corrected chi connectivity index (χ1v) is 12.7. The van der Waals surface area contributed by atoms with E-state index in [1.54, 1.807) is 0 Å². The first-order valence-electron chi connectivity index (χ1n) is 11.6. The molecule has 174 valence electrons. The van der Waals surface area contributed by atoms with Crippen LogP contribution in [0, 0.1) is 20.8 Å². The predicted molar refractivity (Wildman–Crippen MR) is 144 cm³/mol. The van der Waals surface area contributed by atoms with Gasteiger partial charge in [-0.05, 0) is 72.5 Å². The molecule has 1 aromatic heterocycles. The van der Waals surface area contributed by atoms with Crippen molar-refractivity contribution in [3.05, 3.63) is 101 Å². The second-order valence-corrected chi connectivity index (χ2v) is 10.1. The van der Waals surface area contributed by atoms with E-state index in [1.165, 1.54) is 0 Å². The number of aliphatic hydroxyl groups is 1. The van der Waals surface area contributed by atoms with Crippen LogP contribution in [0.5, 0.6) is 5.75 Å². The molecule has 1 N–H and O–H groups in total. The normalized spacial score (nSPS) is 12.1. The van der Waals surface area contributed by atoms with Gasteiger partial charge in [-0.2, -0.15) is 0 Å². The van der Waals surface area contributed by atoms with Gasteiger partial charge in [0.2, 0.25) is 0 Å². The van der Waals surface area contributed by atoms with Crippen LogP contribution < -0.4 is 4.52 Å². The first-order chi connectivity index (χ1) is 17.0. The van der Waals surface area contributed by atoms with Crippen molar-refractivity contribution in [1.29, 1.82) is 0 Å². The topological polar surface area (TPSA) is 55.7 Å². The van der Waals surface area contributed by atoms with Gasteiger partial charge in [0.1, 0.15) is 5.58 Å². The standard InChI is InChI=1S/C30H25O4P/c1-18-12-20(3)28-26(14-18)27-15-19(2)13-23(17-31)29(27)33-35(32-28)34-30-24-10-6-4-8-21(24)16-22-9-5-7-11-25(22)30/h4-16,31H,17H2,1-3H3. The molecule has 0 aliphatic rings. The Balaban J connectivity index is 1.72. The maximum Gasteiger partial charge on any atom is 0.453 e. The molecule has 0 aliphatic carbocycles. The lowest BCUT2D eigenvalue weighted by atomic mass is 10.0. The van der Waals surface area contributed by atoms with E-state index < -0.39 is 8.24 Å². The monoisotopic (exact) mass is 480 g/mol. The lowest BCUT2D eigenvalue weighted by Crippen LogP contribution is -1.88. The summed E-state index contributed by atoms with van der Waals surface area (Å²) in [5, 5.41) is 16.2. The average molecular weight is 481 g/mol. The van der Waals surface area contributed by atoms with Gasteiger partial charge in [0, 0.05) is 27.1 Å². The van der Waals surface area contributed by atoms with E-state index in [0.717, 1.165) is 65.9 Å². The molecule has 0 radical (unpaired) electrons. The minimum absolute atomic E-state index is 0.134. The molecule has 5 heteroatoms. The van der Waals surface area contributed by atoms with Gasteiger partial charge in [-0.3, -0.25) is 0 Å². The van der Waals surface area contributed by atoms with E-state index >= 15 is 0 Å². The predicted octanol–water partition coefficient (Wildman–Crippen LogP) is 8.86. The molecule has 1 atom stereocenters. The summed E-state index contributed by atoms with van der Waals surface area (Å²) in [6.07, 6.45) is 0. The molecule has 0 spiro atoms. The zero-order valence-corrected chi connectivity index (χ0v) is 20.7. The summed E-state index contributed by atoms with van der Waals surface area (Å²) in [6, 6.07) is 26.8. The van der Waals surface area contributed by atoms with Gasteiger partial charge < -0.3 is 18.0 Å². The fourth-order valence-electron chi connectivity index (χ4n) is 4.90. The van der Waals surface area contributed by atoms with Crippen molar-refractivity contribution >= 4 is 51.7 Å². The first kappa shape index (κ1) is 21.8. The maximum absolute atomic E-state index is 10.2. The quantitative estimate of drug-likeness (QED) is 0.257. The Labute approximate surface area is 204 Å². The Kier molecular flexibility index (Phi) is 5.29. The number of benzene rings is 5. The van der Waals surface area contributed by atoms with Gasteiger partial charge in [-0.1, -0.05) is 54.6 Å². The minimum atomic E-state index is -1.86. The van der Waals surface area contributed by atoms with Crippen molar-refractivity contribution in [2.75, 3.05) is 0 Å². The van der Waals surface area contributed by atoms with Crippen LogP contribution in [0.2, 0.25) is 0 Å². The highest BCUT2D eigenvalue weighted by Crippen LogP contribution is 2.44. The number of rotatable bonds is 3. The molecule has 0 bridgehead atoms. The molecule has 0 aliphatic heterocycles. The number of aliphatic hydroxyl groups excluding tert-OH is 1. The van der Waals surface area contributed by atoms with Crippen LogP contribution in [-0.4, -0.2) is 5.11 Å². The summed E-state index contributed by atoms with van der Waals surface area (Å²) in [7, 11) is -1.86. The molecule has 6 rings (SSSR count). The van der Waals surface area contributed by atoms with Gasteiger partial charge in [0.05, 0.1) is 6.61 Å². The van der Waals surface area contributed by atoms with Crippen molar-refractivity contribution in [3.63, 3.8) is 0 Å². The van der Waals surface area contributed by atoms with Crippen LogP contribution >= 0.6 is 8.24 Å². The molecule has 6 aromatic rings. The van der Waals surface area contributed by atoms with Crippen LogP contribution in [0.15, 0.2) is 87.3 Å². The Morgan fingerprint density at radius 1 is 0.686 bits per heavy atom. The molecule has 1 heterocycles. The Bertz CT molecular complexity index is 1750. The second-order valence-electron chi connectivity index (χ2n) is 9.06. The molecule has 0 amide bonds. The number of hydrogen-bond donors (Lipinski definition) is 1. The van der Waals surface area contributed by atoms with Gasteiger partial charge in [-0.15, -0.1) is 0 Å². The van der Waals surface area contributed by atoms with Crippen LogP contribution in [0.4, 0.5) is 0 Å². The third-order valence-electron chi connectivity index (χ3n) is 6.41. The van der Waals surface area contributed by atoms with E-state index in [2.05, 4.69) is 55.5 Å². The molecule has 35 heavy (non-hydrogen) atoms. The van der Waals surface area contributed by atoms with Gasteiger partial charge >= 0.3 is 8.24 Å². The summed E-state index contributed by atoms with van der Waals surface area (Å²) >= 11 is 0. The van der Waals surface area contributed by atoms with E-state index in [0.29, 0.717) is 5.58 Å². The zero-order valence-electron chi connectivity index (χ0n) is 19.8. The third-order valence-corrected chi connectivity index (χ3v) is 7.40. The van der Waals surface area contributed by atoms with Crippen molar-refractivity contribution in [2.45, 2.75) is 27.4 Å². The molecule has 5 aromatic carbocycles. The number of hydrogen-bond acceptors (Lipinski definition) is 4. The highest BCUT2D eigenvalue weighted by molar-refractivity contribution is 7.32. The number of aryl methyl sites for hydroxylation is 3. The van der Waals surface area contributed by atoms with Gasteiger partial charge in [0.15, 0.2) is 11.3 Å². The van der Waals surface area contributed by atoms with Gasteiger partial charge in [-0.25, -0.2) is 0 Å². The minimum Gasteiger partial charge on any atom is -0.392 e. The van der Waals surface area contributed by atoms with E-state index in [1.807, 2.05) is 44.2 Å². The summed E-state index contributed by atoms with van der Waals surface area (Å²) in [4.78, 5) is 0. The third kappa shape index (κ3) is 3.76. The van der Waals surface area contributed by atoms with Crippen molar-refractivity contribution in [1.82, 2.24) is 0 Å². The molecule has 0 saturated heterocycles. The molecule has 0 fully saturated rings. The van der Waals surface area contributed by atoms with Gasteiger partial charge in [0.25, 0.3) is 0 Å². The lowest BCUT2D eigenvalue weighted by molar-refractivity contribution is 0.282.